The van der Waals surface area contributed by atoms with Gasteiger partial charge >= 0.3 is 5.76 Å². The monoisotopic (exact) mass is 551 g/mol. The van der Waals surface area contributed by atoms with Gasteiger partial charge in [-0.15, -0.1) is 0 Å². The van der Waals surface area contributed by atoms with Crippen LogP contribution in [0.5, 0.6) is 0 Å². The van der Waals surface area contributed by atoms with Crippen molar-refractivity contribution < 1.29 is 9.26 Å². The Morgan fingerprint density at radius 1 is 1.18 bits per heavy atom. The average molecular weight is 552 g/mol. The molecule has 1 unspecified atom stereocenters. The minimum absolute atomic E-state index is 0.161. The highest BCUT2D eigenvalue weighted by molar-refractivity contribution is 6.30. The molecule has 4 aromatic rings. The highest BCUT2D eigenvalue weighted by atomic mass is 35.5. The Morgan fingerprint density at radius 2 is 2.00 bits per heavy atom. The minimum Gasteiger partial charge on any atom is -0.377 e. The molecule has 2 atom stereocenters. The van der Waals surface area contributed by atoms with Crippen molar-refractivity contribution in [2.45, 2.75) is 65.0 Å². The van der Waals surface area contributed by atoms with E-state index >= 15 is 0 Å². The first-order chi connectivity index (χ1) is 18.9. The standard InChI is InChI=1S/C28H34ClN7O3/c1-4-21-15-38-13-12-35(21)27-32-24-23(36(27)17(3)18-10-8-16(2)9-11-18)22(19-6-5-7-20(29)14-19)30-25(31-24)26-33-28(37)39-34-26/h5-7,14,16-18,21H,4,8-13,15H2,1-3H3,(H,33,34,37)/t16?,17?,18?,21-/m1/s1. The summed E-state index contributed by atoms with van der Waals surface area (Å²) in [7, 11) is 0. The molecule has 2 aliphatic rings. The van der Waals surface area contributed by atoms with Crippen LogP contribution < -0.4 is 10.7 Å². The van der Waals surface area contributed by atoms with Crippen molar-refractivity contribution in [3.05, 3.63) is 39.8 Å². The molecule has 1 saturated carbocycles. The first kappa shape index (κ1) is 26.0. The van der Waals surface area contributed by atoms with Gasteiger partial charge in [0.05, 0.1) is 19.3 Å². The molecule has 4 heterocycles. The van der Waals surface area contributed by atoms with Crippen LogP contribution in [-0.4, -0.2) is 55.5 Å². The molecule has 206 valence electrons. The number of ether oxygens (including phenoxy) is 1. The molecule has 39 heavy (non-hydrogen) atoms. The summed E-state index contributed by atoms with van der Waals surface area (Å²) < 4.78 is 13.0. The van der Waals surface area contributed by atoms with E-state index in [1.54, 1.807) is 0 Å². The third-order valence-electron chi connectivity index (χ3n) is 8.38. The van der Waals surface area contributed by atoms with Crippen LogP contribution in [0.1, 0.15) is 58.9 Å². The van der Waals surface area contributed by atoms with Crippen molar-refractivity contribution in [3.8, 4) is 22.9 Å². The topological polar surface area (TPSA) is 115 Å². The number of aromatic amines is 1. The van der Waals surface area contributed by atoms with Crippen LogP contribution in [0.2, 0.25) is 5.02 Å². The average Bonchev–Trinajstić information content (AvgIpc) is 3.56. The van der Waals surface area contributed by atoms with Gasteiger partial charge in [0.25, 0.3) is 0 Å². The number of benzene rings is 1. The van der Waals surface area contributed by atoms with Crippen molar-refractivity contribution in [1.29, 1.82) is 0 Å². The maximum Gasteiger partial charge on any atom is 0.439 e. The summed E-state index contributed by atoms with van der Waals surface area (Å²) in [5.74, 6) is 1.89. The van der Waals surface area contributed by atoms with Crippen LogP contribution in [-0.2, 0) is 4.74 Å². The number of imidazole rings is 1. The predicted octanol–water partition coefficient (Wildman–Crippen LogP) is 5.49. The number of nitrogens with one attached hydrogen (secondary N) is 1. The van der Waals surface area contributed by atoms with Crippen LogP contribution >= 0.6 is 11.6 Å². The van der Waals surface area contributed by atoms with Crippen LogP contribution in [0.25, 0.3) is 34.1 Å². The highest BCUT2D eigenvalue weighted by Crippen LogP contribution is 2.42. The number of hydrogen-bond acceptors (Lipinski definition) is 8. The number of morpholine rings is 1. The fourth-order valence-corrected chi connectivity index (χ4v) is 6.27. The van der Waals surface area contributed by atoms with Gasteiger partial charge in [0.1, 0.15) is 11.2 Å². The maximum atomic E-state index is 11.8. The Hall–Kier alpha value is -3.24. The number of hydrogen-bond donors (Lipinski definition) is 1. The van der Waals surface area contributed by atoms with Gasteiger partial charge < -0.3 is 14.2 Å². The van der Waals surface area contributed by atoms with E-state index in [0.717, 1.165) is 35.9 Å². The number of halogens is 1. The van der Waals surface area contributed by atoms with Gasteiger partial charge in [0.2, 0.25) is 17.6 Å². The van der Waals surface area contributed by atoms with Crippen molar-refractivity contribution >= 4 is 28.7 Å². The summed E-state index contributed by atoms with van der Waals surface area (Å²) in [5.41, 5.74) is 2.94. The number of H-pyrrole nitrogens is 1. The van der Waals surface area contributed by atoms with Crippen molar-refractivity contribution in [1.82, 2.24) is 29.7 Å². The molecule has 0 radical (unpaired) electrons. The number of fused-ring (bicyclic) bond motifs is 1. The van der Waals surface area contributed by atoms with Crippen LogP contribution in [0.3, 0.4) is 0 Å². The number of nitrogens with zero attached hydrogens (tertiary/aromatic N) is 6. The predicted molar refractivity (Wildman–Crippen MR) is 150 cm³/mol. The zero-order valence-corrected chi connectivity index (χ0v) is 23.3. The fraction of sp³-hybridized carbons (Fsp3) is 0.536. The molecule has 2 fully saturated rings. The molecule has 1 saturated heterocycles. The number of anilines is 1. The number of rotatable bonds is 6. The molecular formula is C28H34ClN7O3. The van der Waals surface area contributed by atoms with E-state index in [0.29, 0.717) is 35.5 Å². The smallest absolute Gasteiger partial charge is 0.377 e. The lowest BCUT2D eigenvalue weighted by Gasteiger charge is -2.38. The molecule has 0 spiro atoms. The second kappa shape index (κ2) is 10.7. The largest absolute Gasteiger partial charge is 0.439 e. The molecular weight excluding hydrogens is 518 g/mol. The van der Waals surface area contributed by atoms with E-state index in [-0.39, 0.29) is 23.7 Å². The summed E-state index contributed by atoms with van der Waals surface area (Å²) in [6.07, 6.45) is 5.75. The van der Waals surface area contributed by atoms with E-state index in [1.807, 2.05) is 24.3 Å². The SMILES string of the molecule is CC[C@@H]1COCCN1c1nc2nc(-c3noc(=O)[nH]3)nc(-c3cccc(Cl)c3)c2n1C(C)C1CCC(C)CC1. The third kappa shape index (κ3) is 4.96. The second-order valence-corrected chi connectivity index (χ2v) is 11.3. The van der Waals surface area contributed by atoms with Gasteiger partial charge in [-0.2, -0.15) is 4.98 Å². The summed E-state index contributed by atoms with van der Waals surface area (Å²) >= 11 is 6.45. The van der Waals surface area contributed by atoms with Crippen LogP contribution in [0.4, 0.5) is 5.95 Å². The van der Waals surface area contributed by atoms with Crippen LogP contribution in [0.15, 0.2) is 33.6 Å². The van der Waals surface area contributed by atoms with Crippen molar-refractivity contribution in [2.75, 3.05) is 24.7 Å². The molecule has 1 aliphatic heterocycles. The van der Waals surface area contributed by atoms with Crippen molar-refractivity contribution in [2.24, 2.45) is 11.8 Å². The van der Waals surface area contributed by atoms with E-state index in [9.17, 15) is 4.79 Å². The zero-order valence-electron chi connectivity index (χ0n) is 22.6. The summed E-state index contributed by atoms with van der Waals surface area (Å²) in [6.45, 7) is 8.89. The van der Waals surface area contributed by atoms with Gasteiger partial charge in [-0.1, -0.05) is 55.6 Å². The Morgan fingerprint density at radius 3 is 2.72 bits per heavy atom. The Balaban J connectivity index is 1.61. The molecule has 0 bridgehead atoms. The lowest BCUT2D eigenvalue weighted by Crippen LogP contribution is -2.46. The van der Waals surface area contributed by atoms with Gasteiger partial charge in [-0.3, -0.25) is 9.51 Å². The van der Waals surface area contributed by atoms with Gasteiger partial charge in [0.15, 0.2) is 5.65 Å². The van der Waals surface area contributed by atoms with E-state index in [2.05, 4.69) is 40.4 Å². The normalized spacial score (nSPS) is 22.9. The Bertz CT molecular complexity index is 1520. The quantitative estimate of drug-likeness (QED) is 0.334. The van der Waals surface area contributed by atoms with Gasteiger partial charge in [0, 0.05) is 23.2 Å². The lowest BCUT2D eigenvalue weighted by atomic mass is 9.79. The first-order valence-electron chi connectivity index (χ1n) is 13.9. The first-order valence-corrected chi connectivity index (χ1v) is 14.3. The second-order valence-electron chi connectivity index (χ2n) is 10.9. The molecule has 1 aromatic carbocycles. The Labute approximate surface area is 231 Å². The molecule has 11 heteroatoms. The summed E-state index contributed by atoms with van der Waals surface area (Å²) in [4.78, 5) is 31.6. The maximum absolute atomic E-state index is 11.8. The number of aromatic nitrogens is 6. The minimum atomic E-state index is -0.663. The molecule has 1 N–H and O–H groups in total. The Kier molecular flexibility index (Phi) is 7.16. The summed E-state index contributed by atoms with van der Waals surface area (Å²) in [5, 5.41) is 4.46. The molecule has 1 aliphatic carbocycles. The summed E-state index contributed by atoms with van der Waals surface area (Å²) in [6, 6.07) is 8.02. The van der Waals surface area contributed by atoms with E-state index in [4.69, 9.17) is 35.8 Å². The molecule has 10 nitrogen and oxygen atoms in total. The fourth-order valence-electron chi connectivity index (χ4n) is 6.08. The third-order valence-corrected chi connectivity index (χ3v) is 8.62. The van der Waals surface area contributed by atoms with Gasteiger partial charge in [-0.25, -0.2) is 14.8 Å². The van der Waals surface area contributed by atoms with Gasteiger partial charge in [-0.05, 0) is 50.2 Å². The van der Waals surface area contributed by atoms with Crippen LogP contribution in [0, 0.1) is 11.8 Å². The van der Waals surface area contributed by atoms with E-state index < -0.39 is 5.76 Å². The molecule has 6 rings (SSSR count). The van der Waals surface area contributed by atoms with E-state index in [1.165, 1.54) is 25.7 Å². The molecule has 3 aromatic heterocycles. The highest BCUT2D eigenvalue weighted by Gasteiger charge is 2.34. The zero-order chi connectivity index (χ0) is 27.1. The molecule has 0 amide bonds. The van der Waals surface area contributed by atoms with Crippen molar-refractivity contribution in [3.63, 3.8) is 0 Å². The lowest BCUT2D eigenvalue weighted by molar-refractivity contribution is 0.0913.